The number of nitrogens with two attached hydrogens (primary N) is 1. The van der Waals surface area contributed by atoms with Gasteiger partial charge >= 0.3 is 5.97 Å². The van der Waals surface area contributed by atoms with Crippen LogP contribution in [0.15, 0.2) is 39.9 Å². The quantitative estimate of drug-likeness (QED) is 0.384. The van der Waals surface area contributed by atoms with E-state index in [2.05, 4.69) is 22.7 Å². The van der Waals surface area contributed by atoms with Gasteiger partial charge in [-0.3, -0.25) is 5.43 Å². The van der Waals surface area contributed by atoms with E-state index in [-0.39, 0.29) is 16.4 Å². The Hall–Kier alpha value is -2.87. The van der Waals surface area contributed by atoms with Gasteiger partial charge in [-0.05, 0) is 36.5 Å². The zero-order valence-electron chi connectivity index (χ0n) is 10.6. The number of hydrogen-bond donors (Lipinski definition) is 4. The highest BCUT2D eigenvalue weighted by Gasteiger charge is 2.12. The summed E-state index contributed by atoms with van der Waals surface area (Å²) in [4.78, 5) is 10.8. The molecule has 0 unspecified atom stereocenters. The highest BCUT2D eigenvalue weighted by Crippen LogP contribution is 2.27. The van der Waals surface area contributed by atoms with Crippen LogP contribution in [0.1, 0.15) is 16.1 Å². The van der Waals surface area contributed by atoms with Gasteiger partial charge in [0, 0.05) is 5.56 Å². The van der Waals surface area contributed by atoms with Gasteiger partial charge in [0.2, 0.25) is 0 Å². The first kappa shape index (κ1) is 14.5. The molecule has 7 nitrogen and oxygen atoms in total. The highest BCUT2D eigenvalue weighted by molar-refractivity contribution is 7.80. The van der Waals surface area contributed by atoms with E-state index in [1.165, 1.54) is 24.4 Å². The van der Waals surface area contributed by atoms with Crippen molar-refractivity contribution in [2.75, 3.05) is 0 Å². The van der Waals surface area contributed by atoms with E-state index in [9.17, 15) is 9.90 Å². The van der Waals surface area contributed by atoms with Crippen LogP contribution < -0.4 is 11.2 Å². The number of nitrogens with one attached hydrogen (secondary N) is 1. The monoisotopic (exact) mass is 305 g/mol. The van der Waals surface area contributed by atoms with Crippen LogP contribution in [0.3, 0.4) is 0 Å². The number of hydrogen-bond acceptors (Lipinski definition) is 5. The van der Waals surface area contributed by atoms with Crippen molar-refractivity contribution in [2.24, 2.45) is 10.8 Å². The molecule has 0 radical (unpaired) electrons. The molecule has 2 rings (SSSR count). The number of aromatic carboxylic acids is 1. The van der Waals surface area contributed by atoms with Gasteiger partial charge in [-0.2, -0.15) is 5.10 Å². The van der Waals surface area contributed by atoms with Crippen LogP contribution in [0.4, 0.5) is 0 Å². The minimum absolute atomic E-state index is 0.0345. The smallest absolute Gasteiger partial charge is 0.339 e. The number of carbonyl (C=O) groups is 1. The van der Waals surface area contributed by atoms with Crippen LogP contribution in [0.5, 0.6) is 5.75 Å². The Morgan fingerprint density at radius 3 is 2.76 bits per heavy atom. The number of aromatic hydroxyl groups is 1. The lowest BCUT2D eigenvalue weighted by atomic mass is 10.1. The van der Waals surface area contributed by atoms with Crippen LogP contribution >= 0.6 is 12.2 Å². The Bertz CT molecular complexity index is 724. The van der Waals surface area contributed by atoms with Crippen LogP contribution in [0.25, 0.3) is 11.3 Å². The van der Waals surface area contributed by atoms with Crippen molar-refractivity contribution in [1.82, 2.24) is 5.43 Å². The van der Waals surface area contributed by atoms with Crippen molar-refractivity contribution in [2.45, 2.75) is 0 Å². The Labute approximate surface area is 124 Å². The topological polar surface area (TPSA) is 121 Å². The lowest BCUT2D eigenvalue weighted by molar-refractivity contribution is 0.0694. The van der Waals surface area contributed by atoms with Gasteiger partial charge in [-0.25, -0.2) is 4.79 Å². The van der Waals surface area contributed by atoms with Crippen molar-refractivity contribution < 1.29 is 19.4 Å². The summed E-state index contributed by atoms with van der Waals surface area (Å²) in [5.74, 6) is -0.633. The van der Waals surface area contributed by atoms with E-state index in [0.717, 1.165) is 0 Å². The van der Waals surface area contributed by atoms with Gasteiger partial charge in [0.1, 0.15) is 22.8 Å². The summed E-state index contributed by atoms with van der Waals surface area (Å²) >= 11 is 4.59. The van der Waals surface area contributed by atoms with E-state index in [4.69, 9.17) is 15.3 Å². The van der Waals surface area contributed by atoms with Gasteiger partial charge in [0.25, 0.3) is 0 Å². The molecule has 8 heteroatoms. The molecule has 108 valence electrons. The number of carboxylic acids is 1. The standard InChI is InChI=1S/C13H11N3O4S/c14-13(21)16-15-6-8-2-4-11(20-8)7-1-3-9(12(18)19)10(17)5-7/h1-6,17H,(H,18,19)(H3,14,16,21)/b15-6+. The number of phenols is 1. The van der Waals surface area contributed by atoms with E-state index >= 15 is 0 Å². The molecule has 0 saturated heterocycles. The second kappa shape index (κ2) is 6.06. The molecular formula is C13H11N3O4S. The molecule has 0 spiro atoms. The van der Waals surface area contributed by atoms with E-state index in [0.29, 0.717) is 17.1 Å². The number of furan rings is 1. The van der Waals surface area contributed by atoms with E-state index in [1.807, 2.05) is 0 Å². The molecule has 5 N–H and O–H groups in total. The normalized spacial score (nSPS) is 10.7. The van der Waals surface area contributed by atoms with Gasteiger partial charge < -0.3 is 20.4 Å². The molecule has 1 heterocycles. The molecule has 1 aromatic heterocycles. The van der Waals surface area contributed by atoms with Crippen LogP contribution in [0.2, 0.25) is 0 Å². The second-order valence-corrected chi connectivity index (χ2v) is 4.41. The summed E-state index contributed by atoms with van der Waals surface area (Å²) in [6.45, 7) is 0. The first-order chi connectivity index (χ1) is 9.97. The maximum atomic E-state index is 10.8. The first-order valence-corrected chi connectivity index (χ1v) is 6.13. The second-order valence-electron chi connectivity index (χ2n) is 3.97. The highest BCUT2D eigenvalue weighted by atomic mass is 32.1. The molecule has 0 fully saturated rings. The number of carboxylic acid groups (broad SMARTS) is 1. The van der Waals surface area contributed by atoms with Gasteiger partial charge in [-0.1, -0.05) is 6.07 Å². The summed E-state index contributed by atoms with van der Waals surface area (Å²) in [5, 5.41) is 22.3. The average Bonchev–Trinajstić information content (AvgIpc) is 2.86. The lowest BCUT2D eigenvalue weighted by Gasteiger charge is -2.02. The van der Waals surface area contributed by atoms with Crippen molar-refractivity contribution >= 4 is 29.5 Å². The van der Waals surface area contributed by atoms with E-state index < -0.39 is 5.97 Å². The Morgan fingerprint density at radius 2 is 2.14 bits per heavy atom. The molecule has 0 saturated carbocycles. The summed E-state index contributed by atoms with van der Waals surface area (Å²) in [7, 11) is 0. The predicted molar refractivity (Wildman–Crippen MR) is 80.3 cm³/mol. The van der Waals surface area contributed by atoms with Crippen LogP contribution in [-0.4, -0.2) is 27.5 Å². The minimum Gasteiger partial charge on any atom is -0.507 e. The third-order valence-electron chi connectivity index (χ3n) is 2.51. The third-order valence-corrected chi connectivity index (χ3v) is 2.60. The number of rotatable bonds is 4. The zero-order valence-corrected chi connectivity index (χ0v) is 11.4. The third kappa shape index (κ3) is 3.57. The van der Waals surface area contributed by atoms with Crippen LogP contribution in [-0.2, 0) is 0 Å². The summed E-state index contributed by atoms with van der Waals surface area (Å²) in [6, 6.07) is 7.48. The number of thiocarbonyl (C=S) groups is 1. The van der Waals surface area contributed by atoms with Crippen molar-refractivity contribution in [3.8, 4) is 17.1 Å². The molecule has 21 heavy (non-hydrogen) atoms. The first-order valence-electron chi connectivity index (χ1n) is 5.72. The minimum atomic E-state index is -1.20. The van der Waals surface area contributed by atoms with Gasteiger partial charge in [0.15, 0.2) is 5.11 Å². The average molecular weight is 305 g/mol. The maximum Gasteiger partial charge on any atom is 0.339 e. The van der Waals surface area contributed by atoms with Crippen LogP contribution in [0, 0.1) is 0 Å². The Morgan fingerprint density at radius 1 is 1.38 bits per heavy atom. The largest absolute Gasteiger partial charge is 0.507 e. The van der Waals surface area contributed by atoms with E-state index in [1.54, 1.807) is 12.1 Å². The number of nitrogens with zero attached hydrogens (tertiary/aromatic N) is 1. The molecule has 0 aliphatic carbocycles. The molecule has 1 aromatic carbocycles. The lowest BCUT2D eigenvalue weighted by Crippen LogP contribution is -2.23. The molecule has 0 amide bonds. The fraction of sp³-hybridized carbons (Fsp3) is 0. The van der Waals surface area contributed by atoms with Crippen molar-refractivity contribution in [3.63, 3.8) is 0 Å². The summed E-state index contributed by atoms with van der Waals surface area (Å²) in [6.07, 6.45) is 1.38. The predicted octanol–water partition coefficient (Wildman–Crippen LogP) is 1.52. The zero-order chi connectivity index (χ0) is 15.4. The fourth-order valence-corrected chi connectivity index (χ4v) is 1.66. The molecular weight excluding hydrogens is 294 g/mol. The molecule has 0 atom stereocenters. The molecule has 0 bridgehead atoms. The maximum absolute atomic E-state index is 10.8. The number of hydrazone groups is 1. The summed E-state index contributed by atoms with van der Waals surface area (Å²) in [5.41, 5.74) is 7.96. The molecule has 2 aromatic rings. The molecule has 0 aliphatic heterocycles. The molecule has 0 aliphatic rings. The number of benzene rings is 1. The van der Waals surface area contributed by atoms with Gasteiger partial charge in [-0.15, -0.1) is 0 Å². The Balaban J connectivity index is 2.21. The van der Waals surface area contributed by atoms with Crippen molar-refractivity contribution in [3.05, 3.63) is 41.7 Å². The van der Waals surface area contributed by atoms with Gasteiger partial charge in [0.05, 0.1) is 6.21 Å². The van der Waals surface area contributed by atoms with Crippen molar-refractivity contribution in [1.29, 1.82) is 0 Å². The fourth-order valence-electron chi connectivity index (χ4n) is 1.60. The Kier molecular flexibility index (Phi) is 4.19. The SMILES string of the molecule is NC(=S)N/N=C/c1ccc(-c2ccc(C(=O)O)c(O)c2)o1. The summed E-state index contributed by atoms with van der Waals surface area (Å²) < 4.78 is 5.47.